The second kappa shape index (κ2) is 6.94. The maximum Gasteiger partial charge on any atom is 0.414 e. The van der Waals surface area contributed by atoms with Crippen molar-refractivity contribution in [3.8, 4) is 0 Å². The quantitative estimate of drug-likeness (QED) is 0.760. The number of hydrogen-bond acceptors (Lipinski definition) is 4. The molecule has 0 atom stereocenters. The third kappa shape index (κ3) is 3.96. The van der Waals surface area contributed by atoms with Crippen LogP contribution in [0.4, 0.5) is 10.5 Å². The largest absolute Gasteiger partial charge is 0.444 e. The van der Waals surface area contributed by atoms with E-state index in [0.717, 1.165) is 10.0 Å². The van der Waals surface area contributed by atoms with E-state index in [2.05, 4.69) is 15.9 Å². The van der Waals surface area contributed by atoms with Crippen LogP contribution in [0.2, 0.25) is 0 Å². The molecule has 0 fully saturated rings. The summed E-state index contributed by atoms with van der Waals surface area (Å²) in [4.78, 5) is 13.9. The Kier molecular flexibility index (Phi) is 4.91. The summed E-state index contributed by atoms with van der Waals surface area (Å²) in [5.41, 5.74) is 2.05. The van der Waals surface area contributed by atoms with Crippen molar-refractivity contribution >= 4 is 37.5 Å². The van der Waals surface area contributed by atoms with Crippen molar-refractivity contribution in [3.63, 3.8) is 0 Å². The van der Waals surface area contributed by atoms with Gasteiger partial charge in [0.05, 0.1) is 17.2 Å². The highest BCUT2D eigenvalue weighted by atomic mass is 79.9. The predicted octanol–water partition coefficient (Wildman–Crippen LogP) is 3.52. The summed E-state index contributed by atoms with van der Waals surface area (Å²) in [6.07, 6.45) is -0.546. The monoisotopic (exact) mass is 409 g/mol. The number of hydrogen-bond donors (Lipinski definition) is 0. The Bertz CT molecular complexity index is 852. The van der Waals surface area contributed by atoms with Gasteiger partial charge in [0.15, 0.2) is 9.84 Å². The second-order valence-corrected chi connectivity index (χ2v) is 8.66. The molecule has 7 heteroatoms. The summed E-state index contributed by atoms with van der Waals surface area (Å²) in [6, 6.07) is 14.6. The summed E-state index contributed by atoms with van der Waals surface area (Å²) in [5, 5.41) is 0. The van der Waals surface area contributed by atoms with Crippen molar-refractivity contribution in [2.75, 3.05) is 17.2 Å². The number of carbonyl (C=O) groups excluding carboxylic acids is 1. The zero-order valence-electron chi connectivity index (χ0n) is 12.8. The van der Waals surface area contributed by atoms with Gasteiger partial charge in [-0.15, -0.1) is 0 Å². The molecule has 1 amide bonds. The molecule has 1 heterocycles. The highest BCUT2D eigenvalue weighted by molar-refractivity contribution is 9.10. The Balaban J connectivity index is 1.84. The van der Waals surface area contributed by atoms with E-state index in [1.54, 1.807) is 18.2 Å². The first-order valence-corrected chi connectivity index (χ1v) is 10.0. The van der Waals surface area contributed by atoms with Crippen LogP contribution in [-0.4, -0.2) is 26.8 Å². The Morgan fingerprint density at radius 2 is 1.92 bits per heavy atom. The van der Waals surface area contributed by atoms with Gasteiger partial charge in [0.1, 0.15) is 6.61 Å². The lowest BCUT2D eigenvalue weighted by Gasteiger charge is -2.22. The van der Waals surface area contributed by atoms with Crippen LogP contribution in [0.3, 0.4) is 0 Å². The fourth-order valence-corrected chi connectivity index (χ4v) is 4.23. The van der Waals surface area contributed by atoms with E-state index >= 15 is 0 Å². The molecule has 126 valence electrons. The molecule has 2 aromatic rings. The Morgan fingerprint density at radius 3 is 2.67 bits per heavy atom. The molecule has 24 heavy (non-hydrogen) atoms. The minimum absolute atomic E-state index is 0.0714. The summed E-state index contributed by atoms with van der Waals surface area (Å²) >= 11 is 3.37. The lowest BCUT2D eigenvalue weighted by atomic mass is 10.2. The van der Waals surface area contributed by atoms with E-state index in [0.29, 0.717) is 11.3 Å². The number of amides is 1. The molecule has 0 bridgehead atoms. The number of nitrogens with zero attached hydrogens (tertiary/aromatic N) is 1. The first kappa shape index (κ1) is 17.0. The van der Waals surface area contributed by atoms with E-state index in [1.165, 1.54) is 4.90 Å². The third-order valence-corrected chi connectivity index (χ3v) is 5.81. The normalized spacial score (nSPS) is 16.1. The van der Waals surface area contributed by atoms with Gasteiger partial charge in [0.2, 0.25) is 0 Å². The first-order valence-electron chi connectivity index (χ1n) is 7.42. The third-order valence-electron chi connectivity index (χ3n) is 3.76. The highest BCUT2D eigenvalue weighted by Gasteiger charge is 2.28. The van der Waals surface area contributed by atoms with Gasteiger partial charge in [0, 0.05) is 11.0 Å². The van der Waals surface area contributed by atoms with Crippen LogP contribution in [0.1, 0.15) is 11.1 Å². The molecule has 2 aromatic carbocycles. The number of carbonyl (C=O) groups is 1. The molecule has 0 radical (unpaired) electrons. The smallest absolute Gasteiger partial charge is 0.414 e. The molecule has 0 aromatic heterocycles. The van der Waals surface area contributed by atoms with Crippen LogP contribution in [0.15, 0.2) is 53.0 Å². The predicted molar refractivity (Wildman–Crippen MR) is 95.6 cm³/mol. The zero-order valence-corrected chi connectivity index (χ0v) is 15.2. The molecule has 0 N–H and O–H groups in total. The molecule has 0 aliphatic carbocycles. The van der Waals surface area contributed by atoms with Crippen LogP contribution >= 0.6 is 15.9 Å². The van der Waals surface area contributed by atoms with Gasteiger partial charge in [-0.1, -0.05) is 52.3 Å². The van der Waals surface area contributed by atoms with Crippen molar-refractivity contribution in [3.05, 3.63) is 64.1 Å². The van der Waals surface area contributed by atoms with E-state index in [-0.39, 0.29) is 24.7 Å². The fraction of sp³-hybridized carbons (Fsp3) is 0.235. The molecule has 5 nitrogen and oxygen atoms in total. The highest BCUT2D eigenvalue weighted by Crippen LogP contribution is 2.30. The first-order chi connectivity index (χ1) is 11.4. The fourth-order valence-electron chi connectivity index (χ4n) is 2.56. The number of ether oxygens (including phenoxy) is 1. The summed E-state index contributed by atoms with van der Waals surface area (Å²) in [6.45, 7) is 0.228. The molecule has 1 aliphatic rings. The molecule has 3 rings (SSSR count). The molecule has 1 aliphatic heterocycles. The van der Waals surface area contributed by atoms with E-state index in [1.807, 2.05) is 30.3 Å². The number of anilines is 1. The van der Waals surface area contributed by atoms with Gasteiger partial charge in [-0.2, -0.15) is 0 Å². The van der Waals surface area contributed by atoms with Crippen LogP contribution in [0.5, 0.6) is 0 Å². The molecular weight excluding hydrogens is 394 g/mol. The molecule has 0 saturated heterocycles. The van der Waals surface area contributed by atoms with E-state index < -0.39 is 15.9 Å². The number of benzene rings is 2. The lowest BCUT2D eigenvalue weighted by Crippen LogP contribution is -2.34. The van der Waals surface area contributed by atoms with Crippen molar-refractivity contribution in [1.29, 1.82) is 0 Å². The van der Waals surface area contributed by atoms with Gasteiger partial charge in [0.25, 0.3) is 0 Å². The number of halogens is 1. The standard InChI is InChI=1S/C17H16BrNO4S/c18-15-7-6-14-12-24(21,22)9-8-19(16(14)10-15)17(20)23-11-13-4-2-1-3-5-13/h1-7,10H,8-9,11-12H2. The maximum absolute atomic E-state index is 12.5. The van der Waals surface area contributed by atoms with Gasteiger partial charge in [-0.05, 0) is 23.3 Å². The minimum atomic E-state index is -3.24. The Labute approximate surface area is 149 Å². The van der Waals surface area contributed by atoms with Crippen LogP contribution in [0, 0.1) is 0 Å². The van der Waals surface area contributed by atoms with Crippen molar-refractivity contribution in [2.24, 2.45) is 0 Å². The minimum Gasteiger partial charge on any atom is -0.444 e. The average Bonchev–Trinajstić information content (AvgIpc) is 2.69. The van der Waals surface area contributed by atoms with Crippen LogP contribution in [-0.2, 0) is 26.9 Å². The van der Waals surface area contributed by atoms with Crippen molar-refractivity contribution in [2.45, 2.75) is 12.4 Å². The van der Waals surface area contributed by atoms with Gasteiger partial charge in [-0.25, -0.2) is 13.2 Å². The lowest BCUT2D eigenvalue weighted by molar-refractivity contribution is 0.147. The number of rotatable bonds is 2. The Hall–Kier alpha value is -1.86. The molecule has 0 saturated carbocycles. The SMILES string of the molecule is O=C(OCc1ccccc1)N1CCS(=O)(=O)Cc2ccc(Br)cc21. The number of fused-ring (bicyclic) bond motifs is 1. The van der Waals surface area contributed by atoms with E-state index in [9.17, 15) is 13.2 Å². The van der Waals surface area contributed by atoms with Gasteiger partial charge < -0.3 is 4.74 Å². The van der Waals surface area contributed by atoms with Gasteiger partial charge in [-0.3, -0.25) is 4.90 Å². The molecule has 0 unspecified atom stereocenters. The molecule has 0 spiro atoms. The summed E-state index contributed by atoms with van der Waals surface area (Å²) < 4.78 is 30.3. The topological polar surface area (TPSA) is 63.7 Å². The Morgan fingerprint density at radius 1 is 1.17 bits per heavy atom. The van der Waals surface area contributed by atoms with E-state index in [4.69, 9.17) is 4.74 Å². The zero-order chi connectivity index (χ0) is 17.2. The summed E-state index contributed by atoms with van der Waals surface area (Å²) in [7, 11) is -3.24. The van der Waals surface area contributed by atoms with Crippen molar-refractivity contribution in [1.82, 2.24) is 0 Å². The summed E-state index contributed by atoms with van der Waals surface area (Å²) in [5.74, 6) is -0.155. The van der Waals surface area contributed by atoms with Crippen LogP contribution < -0.4 is 4.90 Å². The second-order valence-electron chi connectivity index (χ2n) is 5.56. The van der Waals surface area contributed by atoms with Crippen LogP contribution in [0.25, 0.3) is 0 Å². The van der Waals surface area contributed by atoms with Gasteiger partial charge >= 0.3 is 6.09 Å². The average molecular weight is 410 g/mol. The number of sulfone groups is 1. The van der Waals surface area contributed by atoms with Crippen molar-refractivity contribution < 1.29 is 17.9 Å². The molecular formula is C17H16BrNO4S. The maximum atomic E-state index is 12.5.